The lowest BCUT2D eigenvalue weighted by Crippen LogP contribution is -2.21. The van der Waals surface area contributed by atoms with Crippen molar-refractivity contribution in [3.8, 4) is 0 Å². The highest BCUT2D eigenvalue weighted by Crippen LogP contribution is 2.24. The van der Waals surface area contributed by atoms with Gasteiger partial charge in [-0.2, -0.15) is 0 Å². The fraction of sp³-hybridized carbons (Fsp3) is 0.571. The summed E-state index contributed by atoms with van der Waals surface area (Å²) in [5.74, 6) is 0.630. The summed E-state index contributed by atoms with van der Waals surface area (Å²) < 4.78 is 0. The molecule has 17 heavy (non-hydrogen) atoms. The molecule has 2 nitrogen and oxygen atoms in total. The highest BCUT2D eigenvalue weighted by atomic mass is 35.5. The zero-order valence-electron chi connectivity index (χ0n) is 10.2. The smallest absolute Gasteiger partial charge is 0.0543 e. The maximum absolute atomic E-state index is 9.44. The predicted octanol–water partition coefficient (Wildman–Crippen LogP) is 2.90. The third-order valence-corrected chi connectivity index (χ3v) is 3.92. The van der Waals surface area contributed by atoms with Gasteiger partial charge in [-0.15, -0.1) is 0 Å². The van der Waals surface area contributed by atoms with Crippen LogP contribution in [0.5, 0.6) is 0 Å². The monoisotopic (exact) mass is 253 g/mol. The van der Waals surface area contributed by atoms with Gasteiger partial charge in [-0.05, 0) is 55.8 Å². The van der Waals surface area contributed by atoms with Crippen LogP contribution >= 0.6 is 11.6 Å². The number of aryl methyl sites for hydroxylation is 1. The summed E-state index contributed by atoms with van der Waals surface area (Å²) in [4.78, 5) is 0. The number of hydrogen-bond acceptors (Lipinski definition) is 2. The van der Waals surface area contributed by atoms with Crippen molar-refractivity contribution in [3.05, 3.63) is 34.3 Å². The molecule has 0 amide bonds. The molecule has 94 valence electrons. The molecule has 0 saturated heterocycles. The molecule has 1 aromatic rings. The molecule has 0 aliphatic heterocycles. The minimum absolute atomic E-state index is 0.0735. The summed E-state index contributed by atoms with van der Waals surface area (Å²) in [6.45, 7) is 3.86. The molecule has 0 bridgehead atoms. The Bertz CT molecular complexity index is 380. The first-order chi connectivity index (χ1) is 8.15. The van der Waals surface area contributed by atoms with E-state index < -0.39 is 0 Å². The van der Waals surface area contributed by atoms with E-state index in [-0.39, 0.29) is 6.10 Å². The van der Waals surface area contributed by atoms with Gasteiger partial charge in [-0.25, -0.2) is 0 Å². The molecule has 0 radical (unpaired) electrons. The SMILES string of the molecule is Cc1ccc(CNC[C@@H]2CC[C@@H](O)C2)cc1Cl. The van der Waals surface area contributed by atoms with Gasteiger partial charge < -0.3 is 10.4 Å². The second-order valence-electron chi connectivity index (χ2n) is 5.05. The summed E-state index contributed by atoms with van der Waals surface area (Å²) in [6.07, 6.45) is 2.98. The number of halogens is 1. The summed E-state index contributed by atoms with van der Waals surface area (Å²) in [7, 11) is 0. The Kier molecular flexibility index (Phi) is 4.43. The molecular formula is C14H20ClNO. The van der Waals surface area contributed by atoms with Crippen LogP contribution in [0, 0.1) is 12.8 Å². The van der Waals surface area contributed by atoms with Crippen LogP contribution in [0.25, 0.3) is 0 Å². The summed E-state index contributed by atoms with van der Waals surface area (Å²) in [6, 6.07) is 6.18. The third-order valence-electron chi connectivity index (χ3n) is 3.51. The van der Waals surface area contributed by atoms with E-state index in [1.54, 1.807) is 0 Å². The van der Waals surface area contributed by atoms with Crippen molar-refractivity contribution < 1.29 is 5.11 Å². The van der Waals surface area contributed by atoms with E-state index >= 15 is 0 Å². The number of aliphatic hydroxyl groups excluding tert-OH is 1. The summed E-state index contributed by atoms with van der Waals surface area (Å²) in [5.41, 5.74) is 2.34. The van der Waals surface area contributed by atoms with Crippen molar-refractivity contribution >= 4 is 11.6 Å². The van der Waals surface area contributed by atoms with Crippen molar-refractivity contribution in [2.75, 3.05) is 6.54 Å². The normalized spacial score (nSPS) is 24.2. The molecule has 3 heteroatoms. The van der Waals surface area contributed by atoms with E-state index in [1.807, 2.05) is 13.0 Å². The molecule has 2 rings (SSSR count). The maximum atomic E-state index is 9.44. The largest absolute Gasteiger partial charge is 0.393 e. The van der Waals surface area contributed by atoms with Crippen LogP contribution in [0.15, 0.2) is 18.2 Å². The van der Waals surface area contributed by atoms with Crippen molar-refractivity contribution in [3.63, 3.8) is 0 Å². The molecular weight excluding hydrogens is 234 g/mol. The Hall–Kier alpha value is -0.570. The molecule has 2 N–H and O–H groups in total. The van der Waals surface area contributed by atoms with E-state index in [4.69, 9.17) is 11.6 Å². The van der Waals surface area contributed by atoms with Crippen LogP contribution < -0.4 is 5.32 Å². The first-order valence-electron chi connectivity index (χ1n) is 6.29. The Balaban J connectivity index is 1.76. The van der Waals surface area contributed by atoms with Gasteiger partial charge in [-0.3, -0.25) is 0 Å². The summed E-state index contributed by atoms with van der Waals surface area (Å²) >= 11 is 6.08. The van der Waals surface area contributed by atoms with Gasteiger partial charge in [0.1, 0.15) is 0 Å². The quantitative estimate of drug-likeness (QED) is 0.865. The number of aliphatic hydroxyl groups is 1. The molecule has 1 aliphatic rings. The molecule has 1 fully saturated rings. The third kappa shape index (κ3) is 3.70. The lowest BCUT2D eigenvalue weighted by atomic mass is 10.1. The molecule has 0 unspecified atom stereocenters. The van der Waals surface area contributed by atoms with Gasteiger partial charge in [0.15, 0.2) is 0 Å². The van der Waals surface area contributed by atoms with Gasteiger partial charge >= 0.3 is 0 Å². The number of nitrogens with one attached hydrogen (secondary N) is 1. The van der Waals surface area contributed by atoms with Gasteiger partial charge in [0.2, 0.25) is 0 Å². The average molecular weight is 254 g/mol. The Morgan fingerprint density at radius 3 is 2.88 bits per heavy atom. The standard InChI is InChI=1S/C14H20ClNO/c1-10-2-3-12(7-14(10)15)9-16-8-11-4-5-13(17)6-11/h2-3,7,11,13,16-17H,4-6,8-9H2,1H3/t11-,13-/m1/s1. The second-order valence-corrected chi connectivity index (χ2v) is 5.45. The van der Waals surface area contributed by atoms with Crippen molar-refractivity contribution in [2.45, 2.75) is 38.8 Å². The second kappa shape index (κ2) is 5.85. The van der Waals surface area contributed by atoms with Crippen molar-refractivity contribution in [2.24, 2.45) is 5.92 Å². The van der Waals surface area contributed by atoms with Crippen LogP contribution in [0.3, 0.4) is 0 Å². The Morgan fingerprint density at radius 2 is 2.24 bits per heavy atom. The van der Waals surface area contributed by atoms with E-state index in [1.165, 1.54) is 5.56 Å². The van der Waals surface area contributed by atoms with Gasteiger partial charge in [0.25, 0.3) is 0 Å². The fourth-order valence-corrected chi connectivity index (χ4v) is 2.60. The topological polar surface area (TPSA) is 32.3 Å². The van der Waals surface area contributed by atoms with Gasteiger partial charge in [0, 0.05) is 11.6 Å². The summed E-state index contributed by atoms with van der Waals surface area (Å²) in [5, 5.41) is 13.7. The van der Waals surface area contributed by atoms with Gasteiger partial charge in [0.05, 0.1) is 6.10 Å². The lowest BCUT2D eigenvalue weighted by molar-refractivity contribution is 0.177. The molecule has 0 heterocycles. The number of benzene rings is 1. The zero-order valence-corrected chi connectivity index (χ0v) is 11.0. The first kappa shape index (κ1) is 12.9. The van der Waals surface area contributed by atoms with Crippen LogP contribution in [0.2, 0.25) is 5.02 Å². The molecule has 1 aromatic carbocycles. The predicted molar refractivity (Wildman–Crippen MR) is 71.2 cm³/mol. The first-order valence-corrected chi connectivity index (χ1v) is 6.67. The molecule has 1 saturated carbocycles. The molecule has 1 aliphatic carbocycles. The van der Waals surface area contributed by atoms with E-state index in [2.05, 4.69) is 17.4 Å². The maximum Gasteiger partial charge on any atom is 0.0543 e. The number of hydrogen-bond donors (Lipinski definition) is 2. The minimum Gasteiger partial charge on any atom is -0.393 e. The fourth-order valence-electron chi connectivity index (χ4n) is 2.40. The van der Waals surface area contributed by atoms with Crippen molar-refractivity contribution in [1.82, 2.24) is 5.32 Å². The van der Waals surface area contributed by atoms with E-state index in [9.17, 15) is 5.11 Å². The van der Waals surface area contributed by atoms with Crippen LogP contribution in [0.4, 0.5) is 0 Å². The molecule has 2 atom stereocenters. The van der Waals surface area contributed by atoms with E-state index in [0.717, 1.165) is 42.9 Å². The molecule has 0 spiro atoms. The van der Waals surface area contributed by atoms with Crippen LogP contribution in [0.1, 0.15) is 30.4 Å². The number of rotatable bonds is 4. The van der Waals surface area contributed by atoms with Crippen LogP contribution in [-0.4, -0.2) is 17.8 Å². The van der Waals surface area contributed by atoms with Crippen molar-refractivity contribution in [1.29, 1.82) is 0 Å². The highest BCUT2D eigenvalue weighted by Gasteiger charge is 2.21. The minimum atomic E-state index is -0.0735. The van der Waals surface area contributed by atoms with E-state index in [0.29, 0.717) is 5.92 Å². The lowest BCUT2D eigenvalue weighted by Gasteiger charge is -2.11. The van der Waals surface area contributed by atoms with Crippen LogP contribution in [-0.2, 0) is 6.54 Å². The Labute approximate surface area is 108 Å². The zero-order chi connectivity index (χ0) is 12.3. The highest BCUT2D eigenvalue weighted by molar-refractivity contribution is 6.31. The average Bonchev–Trinajstić information content (AvgIpc) is 2.70. The molecule has 0 aromatic heterocycles. The van der Waals surface area contributed by atoms with Gasteiger partial charge in [-0.1, -0.05) is 23.7 Å². The Morgan fingerprint density at radius 1 is 1.41 bits per heavy atom.